The SMILES string of the molecule is COc1ccc2c(C(=O)NC(C)c3ccccc3)c(CN3CCC(N4CCCCC4)CC3)c(-c3ccccc3)nc2c1. The molecule has 6 heteroatoms. The molecule has 4 aromatic rings. The van der Waals surface area contributed by atoms with Gasteiger partial charge in [0.15, 0.2) is 0 Å². The average Bonchev–Trinajstić information content (AvgIpc) is 3.05. The van der Waals surface area contributed by atoms with E-state index in [9.17, 15) is 4.79 Å². The van der Waals surface area contributed by atoms with E-state index in [1.165, 1.54) is 45.2 Å². The highest BCUT2D eigenvalue weighted by atomic mass is 16.5. The number of piperidine rings is 2. The maximum atomic E-state index is 14.3. The van der Waals surface area contributed by atoms with Gasteiger partial charge in [-0.3, -0.25) is 9.69 Å². The van der Waals surface area contributed by atoms with E-state index in [4.69, 9.17) is 9.72 Å². The Kier molecular flexibility index (Phi) is 8.82. The Balaban J connectivity index is 1.39. The Labute approximate surface area is 249 Å². The molecule has 0 bridgehead atoms. The van der Waals surface area contributed by atoms with E-state index < -0.39 is 0 Å². The molecule has 0 radical (unpaired) electrons. The second-order valence-corrected chi connectivity index (χ2v) is 11.8. The second-order valence-electron chi connectivity index (χ2n) is 11.8. The number of pyridine rings is 1. The lowest BCUT2D eigenvalue weighted by molar-refractivity contribution is 0.0884. The lowest BCUT2D eigenvalue weighted by Gasteiger charge is -2.40. The number of nitrogens with one attached hydrogen (secondary N) is 1. The summed E-state index contributed by atoms with van der Waals surface area (Å²) in [5.41, 5.74) is 5.43. The Morgan fingerprint density at radius 2 is 1.62 bits per heavy atom. The number of hydrogen-bond donors (Lipinski definition) is 1. The number of hydrogen-bond acceptors (Lipinski definition) is 5. The molecule has 2 aliphatic heterocycles. The zero-order chi connectivity index (χ0) is 28.9. The molecule has 42 heavy (non-hydrogen) atoms. The molecule has 0 saturated carbocycles. The van der Waals surface area contributed by atoms with Crippen LogP contribution in [0.5, 0.6) is 5.75 Å². The van der Waals surface area contributed by atoms with Crippen LogP contribution in [0.1, 0.15) is 66.6 Å². The molecule has 1 unspecified atom stereocenters. The number of nitrogens with zero attached hydrogens (tertiary/aromatic N) is 3. The number of fused-ring (bicyclic) bond motifs is 1. The van der Waals surface area contributed by atoms with Crippen molar-refractivity contribution in [3.05, 3.63) is 95.6 Å². The molecular weight excluding hydrogens is 520 g/mol. The Morgan fingerprint density at radius 3 is 2.31 bits per heavy atom. The quantitative estimate of drug-likeness (QED) is 0.255. The van der Waals surface area contributed by atoms with Crippen LogP contribution in [-0.2, 0) is 6.54 Å². The van der Waals surface area contributed by atoms with Gasteiger partial charge in [0.05, 0.1) is 29.9 Å². The highest BCUT2D eigenvalue weighted by Crippen LogP contribution is 2.34. The van der Waals surface area contributed by atoms with E-state index in [-0.39, 0.29) is 11.9 Å². The monoisotopic (exact) mass is 562 g/mol. The number of ether oxygens (including phenoxy) is 1. The number of benzene rings is 3. The van der Waals surface area contributed by atoms with Gasteiger partial charge in [-0.15, -0.1) is 0 Å². The molecule has 2 aliphatic rings. The van der Waals surface area contributed by atoms with Crippen LogP contribution in [0.3, 0.4) is 0 Å². The van der Waals surface area contributed by atoms with Crippen LogP contribution in [-0.4, -0.2) is 60.0 Å². The largest absolute Gasteiger partial charge is 0.497 e. The summed E-state index contributed by atoms with van der Waals surface area (Å²) in [5.74, 6) is 0.657. The summed E-state index contributed by atoms with van der Waals surface area (Å²) >= 11 is 0. The molecule has 218 valence electrons. The van der Waals surface area contributed by atoms with E-state index in [1.807, 2.05) is 61.5 Å². The van der Waals surface area contributed by atoms with E-state index >= 15 is 0 Å². The first-order valence-electron chi connectivity index (χ1n) is 15.5. The first-order chi connectivity index (χ1) is 20.6. The third-order valence-corrected chi connectivity index (χ3v) is 9.06. The number of aromatic nitrogens is 1. The molecular formula is C36H42N4O2. The fourth-order valence-corrected chi connectivity index (χ4v) is 6.70. The summed E-state index contributed by atoms with van der Waals surface area (Å²) in [6, 6.07) is 26.8. The van der Waals surface area contributed by atoms with Crippen LogP contribution in [0, 0.1) is 0 Å². The van der Waals surface area contributed by atoms with Crippen molar-refractivity contribution in [2.45, 2.75) is 57.7 Å². The molecule has 6 rings (SSSR count). The molecule has 0 spiro atoms. The van der Waals surface area contributed by atoms with Gasteiger partial charge in [-0.25, -0.2) is 4.98 Å². The van der Waals surface area contributed by atoms with Crippen molar-refractivity contribution in [1.29, 1.82) is 0 Å². The predicted molar refractivity (Wildman–Crippen MR) is 170 cm³/mol. The van der Waals surface area contributed by atoms with Crippen molar-refractivity contribution in [2.75, 3.05) is 33.3 Å². The van der Waals surface area contributed by atoms with Gasteiger partial charge in [-0.05, 0) is 76.5 Å². The lowest BCUT2D eigenvalue weighted by Crippen LogP contribution is -2.46. The maximum absolute atomic E-state index is 14.3. The van der Waals surface area contributed by atoms with Gasteiger partial charge in [-0.1, -0.05) is 67.1 Å². The maximum Gasteiger partial charge on any atom is 0.252 e. The molecule has 6 nitrogen and oxygen atoms in total. The smallest absolute Gasteiger partial charge is 0.252 e. The standard InChI is InChI=1S/C36H42N4O2/c1-26(27-12-6-3-7-13-27)37-36(41)34-31-17-16-30(42-2)24-33(31)38-35(28-14-8-4-9-15-28)32(34)25-39-22-18-29(19-23-39)40-20-10-5-11-21-40/h3-4,6-9,12-17,24,26,29H,5,10-11,18-23,25H2,1-2H3,(H,37,41). The number of methoxy groups -OCH3 is 1. The minimum absolute atomic E-state index is 0.0701. The predicted octanol–water partition coefficient (Wildman–Crippen LogP) is 6.85. The van der Waals surface area contributed by atoms with Crippen LogP contribution >= 0.6 is 0 Å². The fourth-order valence-electron chi connectivity index (χ4n) is 6.70. The van der Waals surface area contributed by atoms with Crippen molar-refractivity contribution in [3.8, 4) is 17.0 Å². The third-order valence-electron chi connectivity index (χ3n) is 9.06. The summed E-state index contributed by atoms with van der Waals surface area (Å²) in [5, 5.41) is 4.17. The summed E-state index contributed by atoms with van der Waals surface area (Å²) in [6.45, 7) is 7.27. The zero-order valence-electron chi connectivity index (χ0n) is 24.9. The number of carbonyl (C=O) groups is 1. The first kappa shape index (κ1) is 28.4. The van der Waals surface area contributed by atoms with Gasteiger partial charge >= 0.3 is 0 Å². The summed E-state index contributed by atoms with van der Waals surface area (Å²) in [6.07, 6.45) is 6.37. The lowest BCUT2D eigenvalue weighted by atomic mass is 9.93. The molecule has 1 amide bonds. The average molecular weight is 563 g/mol. The Hall–Kier alpha value is -3.74. The number of carbonyl (C=O) groups excluding carboxylic acids is 1. The Bertz CT molecular complexity index is 1490. The molecule has 3 heterocycles. The van der Waals surface area contributed by atoms with Crippen molar-refractivity contribution < 1.29 is 9.53 Å². The van der Waals surface area contributed by atoms with E-state index in [0.29, 0.717) is 18.2 Å². The van der Waals surface area contributed by atoms with Gasteiger partial charge in [0.1, 0.15) is 5.75 Å². The molecule has 2 fully saturated rings. The normalized spacial score (nSPS) is 17.7. The van der Waals surface area contributed by atoms with E-state index in [1.54, 1.807) is 7.11 Å². The summed E-state index contributed by atoms with van der Waals surface area (Å²) in [4.78, 5) is 24.7. The minimum Gasteiger partial charge on any atom is -0.497 e. The minimum atomic E-state index is -0.131. The fraction of sp³-hybridized carbons (Fsp3) is 0.389. The van der Waals surface area contributed by atoms with Crippen LogP contribution in [0.4, 0.5) is 0 Å². The Morgan fingerprint density at radius 1 is 0.929 bits per heavy atom. The van der Waals surface area contributed by atoms with Crippen molar-refractivity contribution >= 4 is 16.8 Å². The summed E-state index contributed by atoms with van der Waals surface area (Å²) in [7, 11) is 1.66. The number of amides is 1. The second kappa shape index (κ2) is 13.1. The van der Waals surface area contributed by atoms with E-state index in [0.717, 1.165) is 52.1 Å². The van der Waals surface area contributed by atoms with Crippen LogP contribution in [0.2, 0.25) is 0 Å². The van der Waals surface area contributed by atoms with Gasteiger partial charge in [0.2, 0.25) is 0 Å². The van der Waals surface area contributed by atoms with Crippen LogP contribution in [0.15, 0.2) is 78.9 Å². The molecule has 1 N–H and O–H groups in total. The molecule has 1 aromatic heterocycles. The van der Waals surface area contributed by atoms with E-state index in [2.05, 4.69) is 39.4 Å². The molecule has 2 saturated heterocycles. The topological polar surface area (TPSA) is 57.7 Å². The number of likely N-dealkylation sites (tertiary alicyclic amines) is 2. The van der Waals surface area contributed by atoms with Gasteiger partial charge in [-0.2, -0.15) is 0 Å². The number of rotatable bonds is 8. The van der Waals surface area contributed by atoms with Gasteiger partial charge < -0.3 is 15.0 Å². The van der Waals surface area contributed by atoms with Crippen molar-refractivity contribution in [1.82, 2.24) is 20.1 Å². The zero-order valence-corrected chi connectivity index (χ0v) is 24.9. The van der Waals surface area contributed by atoms with Gasteiger partial charge in [0.25, 0.3) is 5.91 Å². The first-order valence-corrected chi connectivity index (χ1v) is 15.5. The highest BCUT2D eigenvalue weighted by Gasteiger charge is 2.29. The molecule has 1 atom stereocenters. The summed E-state index contributed by atoms with van der Waals surface area (Å²) < 4.78 is 5.55. The molecule has 3 aromatic carbocycles. The molecule has 0 aliphatic carbocycles. The van der Waals surface area contributed by atoms with Crippen molar-refractivity contribution in [3.63, 3.8) is 0 Å². The highest BCUT2D eigenvalue weighted by molar-refractivity contribution is 6.09. The van der Waals surface area contributed by atoms with Crippen molar-refractivity contribution in [2.24, 2.45) is 0 Å². The van der Waals surface area contributed by atoms with Gasteiger partial charge in [0, 0.05) is 35.2 Å². The third kappa shape index (κ3) is 6.20. The van der Waals surface area contributed by atoms with Crippen LogP contribution < -0.4 is 10.1 Å². The van der Waals surface area contributed by atoms with Crippen LogP contribution in [0.25, 0.3) is 22.2 Å².